The van der Waals surface area contributed by atoms with Crippen molar-refractivity contribution < 1.29 is 50.5 Å². The number of halogens is 6. The number of benzene rings is 3. The van der Waals surface area contributed by atoms with Crippen LogP contribution in [0.5, 0.6) is 11.5 Å². The van der Waals surface area contributed by atoms with E-state index >= 15 is 0 Å². The number of carbonyl (C=O) groups is 1. The Hall–Kier alpha value is -4.30. The standard InChI is InChI=1S/C32H29F6N3O5/c1-16-21-12-27(46-15-22-24(34)10-19(33)11-25(22)35)23(32(36,37)38)7-17(21)3-5-40(16)14-29-39-30-26(41(29)13-20-4-6-45-20)8-18(31(42)43)9-28(30)44-2/h7-12,16,20H,3-6,13-15H2,1-2H3,(H,42,43)/t16-,20-/m0/s1. The van der Waals surface area contributed by atoms with Crippen LogP contribution in [0.4, 0.5) is 26.3 Å². The second-order valence-electron chi connectivity index (χ2n) is 11.3. The van der Waals surface area contributed by atoms with Gasteiger partial charge in [0.2, 0.25) is 0 Å². The smallest absolute Gasteiger partial charge is 0.419 e. The number of rotatable bonds is 9. The predicted molar refractivity (Wildman–Crippen MR) is 152 cm³/mol. The van der Waals surface area contributed by atoms with Crippen LogP contribution in [0.25, 0.3) is 11.0 Å². The van der Waals surface area contributed by atoms with Crippen LogP contribution in [0, 0.1) is 17.5 Å². The zero-order valence-corrected chi connectivity index (χ0v) is 24.8. The largest absolute Gasteiger partial charge is 0.494 e. The molecule has 2 aliphatic rings. The summed E-state index contributed by atoms with van der Waals surface area (Å²) in [7, 11) is 1.42. The van der Waals surface area contributed by atoms with Crippen LogP contribution in [-0.2, 0) is 37.0 Å². The molecule has 244 valence electrons. The van der Waals surface area contributed by atoms with Crippen LogP contribution in [-0.4, -0.2) is 51.9 Å². The number of nitrogens with zero attached hydrogens (tertiary/aromatic N) is 3. The molecule has 1 fully saturated rings. The molecular formula is C32H29F6N3O5. The average molecular weight is 650 g/mol. The monoisotopic (exact) mass is 649 g/mol. The van der Waals surface area contributed by atoms with E-state index in [1.165, 1.54) is 25.3 Å². The van der Waals surface area contributed by atoms with Gasteiger partial charge in [-0.15, -0.1) is 0 Å². The molecule has 3 heterocycles. The van der Waals surface area contributed by atoms with Gasteiger partial charge in [-0.1, -0.05) is 0 Å². The molecule has 6 rings (SSSR count). The Morgan fingerprint density at radius 1 is 1.09 bits per heavy atom. The summed E-state index contributed by atoms with van der Waals surface area (Å²) in [4.78, 5) is 18.7. The highest BCUT2D eigenvalue weighted by atomic mass is 19.4. The molecule has 0 radical (unpaired) electrons. The summed E-state index contributed by atoms with van der Waals surface area (Å²) in [5.74, 6) is -4.56. The zero-order valence-electron chi connectivity index (χ0n) is 24.8. The molecule has 46 heavy (non-hydrogen) atoms. The lowest BCUT2D eigenvalue weighted by Crippen LogP contribution is -2.36. The number of fused-ring (bicyclic) bond motifs is 2. The third kappa shape index (κ3) is 5.98. The van der Waals surface area contributed by atoms with Gasteiger partial charge in [-0.3, -0.25) is 4.90 Å². The summed E-state index contributed by atoms with van der Waals surface area (Å²) in [6, 6.07) is 5.59. The third-order valence-electron chi connectivity index (χ3n) is 8.58. The van der Waals surface area contributed by atoms with Gasteiger partial charge in [0, 0.05) is 31.3 Å². The molecule has 0 unspecified atom stereocenters. The lowest BCUT2D eigenvalue weighted by Gasteiger charge is -2.36. The first-order valence-corrected chi connectivity index (χ1v) is 14.5. The van der Waals surface area contributed by atoms with Crippen molar-refractivity contribution in [2.45, 2.75) is 57.8 Å². The molecule has 8 nitrogen and oxygen atoms in total. The summed E-state index contributed by atoms with van der Waals surface area (Å²) >= 11 is 0. The van der Waals surface area contributed by atoms with E-state index in [0.717, 1.165) is 12.5 Å². The lowest BCUT2D eigenvalue weighted by atomic mass is 9.91. The maximum absolute atomic E-state index is 14.2. The highest BCUT2D eigenvalue weighted by Crippen LogP contribution is 2.42. The predicted octanol–water partition coefficient (Wildman–Crippen LogP) is 6.67. The SMILES string of the molecule is COc1cc(C(=O)O)cc2c1nc(CN1CCc3cc(C(F)(F)F)c(OCc4c(F)cc(F)cc4F)cc3[C@@H]1C)n2C[C@@H]1CCO1. The fourth-order valence-corrected chi connectivity index (χ4v) is 5.97. The molecule has 0 bridgehead atoms. The minimum atomic E-state index is -4.81. The van der Waals surface area contributed by atoms with E-state index in [2.05, 4.69) is 0 Å². The quantitative estimate of drug-likeness (QED) is 0.203. The number of imidazole rings is 1. The summed E-state index contributed by atoms with van der Waals surface area (Å²) in [5.41, 5.74) is 0.254. The van der Waals surface area contributed by atoms with Gasteiger partial charge in [0.25, 0.3) is 0 Å². The molecule has 1 aromatic heterocycles. The normalized spacial score (nSPS) is 18.3. The van der Waals surface area contributed by atoms with Gasteiger partial charge in [0.1, 0.15) is 46.9 Å². The van der Waals surface area contributed by atoms with Crippen molar-refractivity contribution in [1.29, 1.82) is 0 Å². The maximum atomic E-state index is 14.2. The number of carboxylic acid groups (broad SMARTS) is 1. The summed E-state index contributed by atoms with van der Waals surface area (Å²) < 4.78 is 102. The second-order valence-corrected chi connectivity index (χ2v) is 11.3. The molecule has 1 N–H and O–H groups in total. The van der Waals surface area contributed by atoms with E-state index in [9.17, 15) is 36.2 Å². The van der Waals surface area contributed by atoms with Gasteiger partial charge < -0.3 is 23.9 Å². The fraction of sp³-hybridized carbons (Fsp3) is 0.375. The molecule has 14 heteroatoms. The number of ether oxygens (including phenoxy) is 3. The Bertz CT molecular complexity index is 1800. The molecule has 2 atom stereocenters. The molecule has 0 aliphatic carbocycles. The van der Waals surface area contributed by atoms with E-state index in [1.807, 2.05) is 16.4 Å². The Labute approximate surface area is 259 Å². The van der Waals surface area contributed by atoms with Gasteiger partial charge in [-0.2, -0.15) is 13.2 Å². The Morgan fingerprint density at radius 2 is 1.80 bits per heavy atom. The van der Waals surface area contributed by atoms with Gasteiger partial charge in [-0.25, -0.2) is 22.9 Å². The van der Waals surface area contributed by atoms with Crippen LogP contribution in [0.3, 0.4) is 0 Å². The van der Waals surface area contributed by atoms with Crippen molar-refractivity contribution >= 4 is 17.0 Å². The van der Waals surface area contributed by atoms with Crippen molar-refractivity contribution in [3.05, 3.63) is 87.5 Å². The molecule has 0 amide bonds. The maximum Gasteiger partial charge on any atom is 0.419 e. The fourth-order valence-electron chi connectivity index (χ4n) is 5.97. The first kappa shape index (κ1) is 31.7. The van der Waals surface area contributed by atoms with Crippen LogP contribution in [0.1, 0.15) is 57.8 Å². The highest BCUT2D eigenvalue weighted by molar-refractivity contribution is 5.95. The average Bonchev–Trinajstić information content (AvgIpc) is 3.31. The molecule has 0 saturated carbocycles. The third-order valence-corrected chi connectivity index (χ3v) is 8.58. The van der Waals surface area contributed by atoms with Crippen LogP contribution < -0.4 is 9.47 Å². The molecule has 0 spiro atoms. The number of alkyl halides is 3. The van der Waals surface area contributed by atoms with Crippen molar-refractivity contribution in [1.82, 2.24) is 14.5 Å². The first-order chi connectivity index (χ1) is 21.8. The first-order valence-electron chi connectivity index (χ1n) is 14.5. The topological polar surface area (TPSA) is 86.0 Å². The minimum Gasteiger partial charge on any atom is -0.494 e. The molecule has 1 saturated heterocycles. The van der Waals surface area contributed by atoms with E-state index in [4.69, 9.17) is 19.2 Å². The Kier molecular flexibility index (Phi) is 8.36. The van der Waals surface area contributed by atoms with Crippen molar-refractivity contribution in [3.8, 4) is 11.5 Å². The van der Waals surface area contributed by atoms with Gasteiger partial charge in [-0.05, 0) is 55.2 Å². The number of methoxy groups -OCH3 is 1. The number of carboxylic acids is 1. The molecular weight excluding hydrogens is 620 g/mol. The number of aromatic nitrogens is 2. The molecule has 2 aliphatic heterocycles. The highest BCUT2D eigenvalue weighted by Gasteiger charge is 2.38. The van der Waals surface area contributed by atoms with E-state index in [1.54, 1.807) is 0 Å². The van der Waals surface area contributed by atoms with Gasteiger partial charge >= 0.3 is 12.1 Å². The summed E-state index contributed by atoms with van der Waals surface area (Å²) in [6.07, 6.45) is -3.82. The summed E-state index contributed by atoms with van der Waals surface area (Å²) in [5, 5.41) is 9.67. The Morgan fingerprint density at radius 3 is 2.41 bits per heavy atom. The number of hydrogen-bond acceptors (Lipinski definition) is 6. The van der Waals surface area contributed by atoms with Crippen LogP contribution in [0.15, 0.2) is 36.4 Å². The zero-order chi connectivity index (χ0) is 32.9. The van der Waals surface area contributed by atoms with Crippen LogP contribution in [0.2, 0.25) is 0 Å². The van der Waals surface area contributed by atoms with Crippen molar-refractivity contribution in [2.24, 2.45) is 0 Å². The second kappa shape index (κ2) is 12.1. The molecule has 4 aromatic rings. The number of aromatic carboxylic acids is 1. The minimum absolute atomic E-state index is 0.0280. The van der Waals surface area contributed by atoms with E-state index in [0.29, 0.717) is 59.8 Å². The number of hydrogen-bond donors (Lipinski definition) is 1. The van der Waals surface area contributed by atoms with Gasteiger partial charge in [0.05, 0.1) is 48.5 Å². The lowest BCUT2D eigenvalue weighted by molar-refractivity contribution is -0.139. The summed E-state index contributed by atoms with van der Waals surface area (Å²) in [6.45, 7) is 2.61. The van der Waals surface area contributed by atoms with Crippen LogP contribution >= 0.6 is 0 Å². The Balaban J connectivity index is 1.34. The van der Waals surface area contributed by atoms with Crippen molar-refractivity contribution in [2.75, 3.05) is 20.3 Å². The molecule has 3 aromatic carbocycles. The van der Waals surface area contributed by atoms with Gasteiger partial charge in [0.15, 0.2) is 0 Å². The van der Waals surface area contributed by atoms with E-state index in [-0.39, 0.29) is 30.4 Å². The van der Waals surface area contributed by atoms with Crippen molar-refractivity contribution in [3.63, 3.8) is 0 Å². The van der Waals surface area contributed by atoms with E-state index < -0.39 is 59.1 Å².